The third-order valence-electron chi connectivity index (χ3n) is 7.61. The van der Waals surface area contributed by atoms with Gasteiger partial charge in [-0.15, -0.1) is 0 Å². The Hall–Kier alpha value is -3.42. The predicted molar refractivity (Wildman–Crippen MR) is 143 cm³/mol. The Morgan fingerprint density at radius 2 is 1.58 bits per heavy atom. The second-order valence-corrected chi connectivity index (χ2v) is 10.9. The van der Waals surface area contributed by atoms with E-state index in [9.17, 15) is 4.79 Å². The van der Waals surface area contributed by atoms with Crippen molar-refractivity contribution in [1.29, 1.82) is 0 Å². The van der Waals surface area contributed by atoms with Gasteiger partial charge in [-0.05, 0) is 44.2 Å². The molecule has 2 aliphatic heterocycles. The van der Waals surface area contributed by atoms with E-state index in [4.69, 9.17) is 9.97 Å². The molecule has 0 bridgehead atoms. The number of aromatic nitrogens is 4. The number of para-hydroxylation sites is 1. The Bertz CT molecular complexity index is 1200. The van der Waals surface area contributed by atoms with Crippen LogP contribution >= 0.6 is 0 Å². The van der Waals surface area contributed by atoms with Gasteiger partial charge in [0.05, 0.1) is 5.69 Å². The molecule has 5 rings (SSSR count). The van der Waals surface area contributed by atoms with Crippen LogP contribution in [0.5, 0.6) is 0 Å². The van der Waals surface area contributed by atoms with Crippen LogP contribution in [0.2, 0.25) is 0 Å². The van der Waals surface area contributed by atoms with Crippen LogP contribution in [-0.2, 0) is 11.3 Å². The average molecular weight is 488 g/mol. The molecule has 2 fully saturated rings. The molecule has 2 saturated heterocycles. The fourth-order valence-corrected chi connectivity index (χ4v) is 5.19. The van der Waals surface area contributed by atoms with Gasteiger partial charge in [0, 0.05) is 74.2 Å². The predicted octanol–water partition coefficient (Wildman–Crippen LogP) is 3.93. The van der Waals surface area contributed by atoms with E-state index < -0.39 is 0 Å². The molecule has 1 aromatic carbocycles. The summed E-state index contributed by atoms with van der Waals surface area (Å²) >= 11 is 0. The van der Waals surface area contributed by atoms with E-state index >= 15 is 0 Å². The van der Waals surface area contributed by atoms with Crippen molar-refractivity contribution in [2.24, 2.45) is 5.41 Å². The monoisotopic (exact) mass is 487 g/mol. The highest BCUT2D eigenvalue weighted by Crippen LogP contribution is 2.33. The fourth-order valence-electron chi connectivity index (χ4n) is 5.19. The summed E-state index contributed by atoms with van der Waals surface area (Å²) in [7, 11) is 0. The first kappa shape index (κ1) is 24.3. The largest absolute Gasteiger partial charge is 0.367 e. The van der Waals surface area contributed by atoms with E-state index in [1.54, 1.807) is 4.68 Å². The van der Waals surface area contributed by atoms with Crippen molar-refractivity contribution in [2.45, 2.75) is 47.1 Å². The van der Waals surface area contributed by atoms with Gasteiger partial charge >= 0.3 is 0 Å². The average Bonchev–Trinajstić information content (AvgIpc) is 3.20. The lowest BCUT2D eigenvalue weighted by Gasteiger charge is -2.37. The lowest BCUT2D eigenvalue weighted by atomic mass is 9.83. The van der Waals surface area contributed by atoms with Gasteiger partial charge in [-0.25, -0.2) is 9.97 Å². The van der Waals surface area contributed by atoms with Gasteiger partial charge in [0.1, 0.15) is 6.54 Å². The highest BCUT2D eigenvalue weighted by Gasteiger charge is 2.27. The molecule has 0 aliphatic carbocycles. The van der Waals surface area contributed by atoms with Crippen LogP contribution in [-0.4, -0.2) is 69.8 Å². The third-order valence-corrected chi connectivity index (χ3v) is 7.61. The third kappa shape index (κ3) is 5.22. The van der Waals surface area contributed by atoms with Crippen LogP contribution in [0, 0.1) is 19.3 Å². The Labute approximate surface area is 213 Å². The number of piperazine rings is 1. The maximum Gasteiger partial charge on any atom is 0.244 e. The summed E-state index contributed by atoms with van der Waals surface area (Å²) in [5, 5.41) is 4.44. The number of piperidine rings is 1. The number of hydrogen-bond acceptors (Lipinski definition) is 6. The van der Waals surface area contributed by atoms with E-state index in [-0.39, 0.29) is 5.91 Å². The minimum Gasteiger partial charge on any atom is -0.367 e. The summed E-state index contributed by atoms with van der Waals surface area (Å²) in [4.78, 5) is 29.0. The van der Waals surface area contributed by atoms with Crippen molar-refractivity contribution in [3.63, 3.8) is 0 Å². The molecule has 3 aromatic rings. The lowest BCUT2D eigenvalue weighted by Crippen LogP contribution is -2.49. The first-order chi connectivity index (χ1) is 17.3. The van der Waals surface area contributed by atoms with Crippen molar-refractivity contribution in [3.8, 4) is 11.1 Å². The quantitative estimate of drug-likeness (QED) is 0.543. The topological polar surface area (TPSA) is 70.4 Å². The number of rotatable bonds is 5. The molecule has 2 aliphatic rings. The van der Waals surface area contributed by atoms with Crippen LogP contribution in [0.1, 0.15) is 38.1 Å². The Balaban J connectivity index is 1.24. The number of nitrogens with zero attached hydrogens (tertiary/aromatic N) is 7. The first-order valence-electron chi connectivity index (χ1n) is 13.0. The fraction of sp³-hybridized carbons (Fsp3) is 0.500. The molecule has 0 unspecified atom stereocenters. The SMILES string of the molecule is Cc1cc(C)n(CC(=O)N2CCN(c3ccccc3-c3cnc(N4CCC(C)(C)CC4)nc3)CC2)n1. The molecular formula is C28H37N7O. The zero-order valence-corrected chi connectivity index (χ0v) is 21.9. The molecule has 190 valence electrons. The van der Waals surface area contributed by atoms with E-state index in [1.165, 1.54) is 5.69 Å². The minimum absolute atomic E-state index is 0.124. The van der Waals surface area contributed by atoms with Crippen LogP contribution in [0.15, 0.2) is 42.7 Å². The number of anilines is 2. The van der Waals surface area contributed by atoms with Crippen molar-refractivity contribution in [3.05, 3.63) is 54.1 Å². The Morgan fingerprint density at radius 3 is 2.22 bits per heavy atom. The molecule has 1 amide bonds. The van der Waals surface area contributed by atoms with E-state index in [2.05, 4.69) is 53.0 Å². The summed E-state index contributed by atoms with van der Waals surface area (Å²) in [6.07, 6.45) is 6.23. The molecule has 0 atom stereocenters. The maximum absolute atomic E-state index is 12.9. The maximum atomic E-state index is 12.9. The molecule has 36 heavy (non-hydrogen) atoms. The Kier molecular flexibility index (Phi) is 6.69. The summed E-state index contributed by atoms with van der Waals surface area (Å²) < 4.78 is 1.80. The zero-order valence-electron chi connectivity index (χ0n) is 21.9. The summed E-state index contributed by atoms with van der Waals surface area (Å²) in [6.45, 7) is 13.9. The summed E-state index contributed by atoms with van der Waals surface area (Å²) in [5.41, 5.74) is 5.69. The number of benzene rings is 1. The lowest BCUT2D eigenvalue weighted by molar-refractivity contribution is -0.132. The Morgan fingerprint density at radius 1 is 0.917 bits per heavy atom. The molecular weight excluding hydrogens is 450 g/mol. The standard InChI is InChI=1S/C28H37N7O/c1-21-17-22(2)35(31-21)20-26(36)33-15-13-32(14-16-33)25-8-6-5-7-24(25)23-18-29-27(30-19-23)34-11-9-28(3,4)10-12-34/h5-8,17-19H,9-16,20H2,1-4H3. The minimum atomic E-state index is 0.124. The summed E-state index contributed by atoms with van der Waals surface area (Å²) in [6, 6.07) is 10.4. The number of aryl methyl sites for hydroxylation is 2. The second kappa shape index (κ2) is 9.91. The first-order valence-corrected chi connectivity index (χ1v) is 13.0. The van der Waals surface area contributed by atoms with E-state index in [1.807, 2.05) is 37.2 Å². The number of carbonyl (C=O) groups is 1. The summed E-state index contributed by atoms with van der Waals surface area (Å²) in [5.74, 6) is 0.945. The van der Waals surface area contributed by atoms with Gasteiger partial charge in [0.25, 0.3) is 0 Å². The van der Waals surface area contributed by atoms with Gasteiger partial charge in [-0.1, -0.05) is 32.0 Å². The van der Waals surface area contributed by atoms with Gasteiger partial charge in [0.2, 0.25) is 11.9 Å². The molecule has 8 heteroatoms. The highest BCUT2D eigenvalue weighted by atomic mass is 16.2. The van der Waals surface area contributed by atoms with E-state index in [0.717, 1.165) is 67.5 Å². The van der Waals surface area contributed by atoms with Gasteiger partial charge in [-0.3, -0.25) is 9.48 Å². The molecule has 0 saturated carbocycles. The normalized spacial score (nSPS) is 17.9. The second-order valence-electron chi connectivity index (χ2n) is 10.9. The number of amides is 1. The van der Waals surface area contributed by atoms with Crippen molar-refractivity contribution in [1.82, 2.24) is 24.6 Å². The molecule has 0 radical (unpaired) electrons. The van der Waals surface area contributed by atoms with Crippen LogP contribution in [0.25, 0.3) is 11.1 Å². The molecule has 8 nitrogen and oxygen atoms in total. The smallest absolute Gasteiger partial charge is 0.244 e. The van der Waals surface area contributed by atoms with Crippen molar-refractivity contribution < 1.29 is 4.79 Å². The van der Waals surface area contributed by atoms with Crippen molar-refractivity contribution >= 4 is 17.5 Å². The van der Waals surface area contributed by atoms with Crippen LogP contribution in [0.4, 0.5) is 11.6 Å². The number of hydrogen-bond donors (Lipinski definition) is 0. The number of carbonyl (C=O) groups excluding carboxylic acids is 1. The van der Waals surface area contributed by atoms with E-state index in [0.29, 0.717) is 25.0 Å². The van der Waals surface area contributed by atoms with Crippen LogP contribution in [0.3, 0.4) is 0 Å². The van der Waals surface area contributed by atoms with Crippen LogP contribution < -0.4 is 9.80 Å². The molecule has 0 spiro atoms. The van der Waals surface area contributed by atoms with Gasteiger partial charge < -0.3 is 14.7 Å². The molecule has 4 heterocycles. The van der Waals surface area contributed by atoms with Gasteiger partial charge in [-0.2, -0.15) is 5.10 Å². The van der Waals surface area contributed by atoms with Crippen molar-refractivity contribution in [2.75, 3.05) is 49.1 Å². The van der Waals surface area contributed by atoms with Gasteiger partial charge in [0.15, 0.2) is 0 Å². The molecule has 0 N–H and O–H groups in total. The zero-order chi connectivity index (χ0) is 25.3. The molecule has 2 aromatic heterocycles. The highest BCUT2D eigenvalue weighted by molar-refractivity contribution is 5.79.